The van der Waals surface area contributed by atoms with Crippen LogP contribution < -0.4 is 10.5 Å². The van der Waals surface area contributed by atoms with Gasteiger partial charge in [-0.05, 0) is 25.1 Å². The van der Waals surface area contributed by atoms with Crippen LogP contribution in [-0.4, -0.2) is 21.9 Å². The van der Waals surface area contributed by atoms with Crippen LogP contribution in [-0.2, 0) is 6.54 Å². The molecule has 1 heterocycles. The Bertz CT molecular complexity index is 605. The predicted octanol–water partition coefficient (Wildman–Crippen LogP) is 2.54. The summed E-state index contributed by atoms with van der Waals surface area (Å²) < 4.78 is 7.09. The van der Waals surface area contributed by atoms with Crippen LogP contribution in [0.2, 0.25) is 5.02 Å². The molecule has 2 N–H and O–H groups in total. The molecule has 0 spiro atoms. The molecule has 19 heavy (non-hydrogen) atoms. The van der Waals surface area contributed by atoms with Gasteiger partial charge >= 0.3 is 0 Å². The molecule has 4 nitrogen and oxygen atoms in total. The third-order valence-electron chi connectivity index (χ3n) is 2.78. The first-order chi connectivity index (χ1) is 9.01. The highest BCUT2D eigenvalue weighted by Crippen LogP contribution is 2.22. The number of rotatable bonds is 4. The number of halogens is 1. The molecule has 0 bridgehead atoms. The number of nitrogens with zero attached hydrogens (tertiary/aromatic N) is 2. The van der Waals surface area contributed by atoms with Crippen molar-refractivity contribution in [1.82, 2.24) is 9.78 Å². The molecule has 2 rings (SSSR count). The first-order valence-electron chi connectivity index (χ1n) is 5.67. The van der Waals surface area contributed by atoms with Crippen molar-refractivity contribution in [2.75, 3.05) is 7.11 Å². The first-order valence-corrected chi connectivity index (χ1v) is 6.46. The van der Waals surface area contributed by atoms with Gasteiger partial charge in [0, 0.05) is 17.3 Å². The summed E-state index contributed by atoms with van der Waals surface area (Å²) in [6.45, 7) is 2.41. The van der Waals surface area contributed by atoms with Gasteiger partial charge in [0.05, 0.1) is 24.4 Å². The summed E-state index contributed by atoms with van der Waals surface area (Å²) in [5.41, 5.74) is 8.20. The molecule has 0 saturated heterocycles. The summed E-state index contributed by atoms with van der Waals surface area (Å²) in [4.78, 5) is 0.360. The Labute approximate surface area is 122 Å². The van der Waals surface area contributed by atoms with Crippen LogP contribution in [0.4, 0.5) is 0 Å². The van der Waals surface area contributed by atoms with Crippen molar-refractivity contribution < 1.29 is 4.74 Å². The van der Waals surface area contributed by atoms with Crippen molar-refractivity contribution in [2.24, 2.45) is 5.73 Å². The highest BCUT2D eigenvalue weighted by Gasteiger charge is 2.09. The van der Waals surface area contributed by atoms with Crippen molar-refractivity contribution in [2.45, 2.75) is 13.5 Å². The Morgan fingerprint density at radius 3 is 2.79 bits per heavy atom. The number of hydrogen-bond acceptors (Lipinski definition) is 3. The Morgan fingerprint density at radius 1 is 1.53 bits per heavy atom. The van der Waals surface area contributed by atoms with E-state index in [2.05, 4.69) is 5.10 Å². The second-order valence-electron chi connectivity index (χ2n) is 4.15. The molecule has 0 atom stereocenters. The number of nitrogens with two attached hydrogens (primary N) is 1. The number of aryl methyl sites for hydroxylation is 1. The maximum absolute atomic E-state index is 6.00. The number of aromatic nitrogens is 2. The van der Waals surface area contributed by atoms with Crippen LogP contribution in [0.5, 0.6) is 5.75 Å². The number of ether oxygens (including phenoxy) is 1. The van der Waals surface area contributed by atoms with Crippen LogP contribution in [0.15, 0.2) is 24.4 Å². The summed E-state index contributed by atoms with van der Waals surface area (Å²) in [5.74, 6) is 0.768. The standard InChI is InChI=1S/C13H14ClN3OS/c1-8-11(14)7-17(16-8)6-10-5-9(13(15)19)3-4-12(10)18-2/h3-5,7H,6H2,1-2H3,(H2,15,19). The topological polar surface area (TPSA) is 53.1 Å². The molecule has 0 saturated carbocycles. The van der Waals surface area contributed by atoms with E-state index >= 15 is 0 Å². The van der Waals surface area contributed by atoms with Gasteiger partial charge in [-0.15, -0.1) is 0 Å². The average molecular weight is 296 g/mol. The minimum Gasteiger partial charge on any atom is -0.496 e. The number of methoxy groups -OCH3 is 1. The monoisotopic (exact) mass is 295 g/mol. The van der Waals surface area contributed by atoms with Crippen molar-refractivity contribution in [3.8, 4) is 5.75 Å². The van der Waals surface area contributed by atoms with Gasteiger partial charge in [-0.1, -0.05) is 23.8 Å². The molecule has 1 aromatic carbocycles. The predicted molar refractivity (Wildman–Crippen MR) is 80.0 cm³/mol. The van der Waals surface area contributed by atoms with Crippen LogP contribution in [0, 0.1) is 6.92 Å². The second kappa shape index (κ2) is 5.59. The van der Waals surface area contributed by atoms with Crippen LogP contribution in [0.25, 0.3) is 0 Å². The Hall–Kier alpha value is -1.59. The van der Waals surface area contributed by atoms with Crippen LogP contribution in [0.1, 0.15) is 16.8 Å². The van der Waals surface area contributed by atoms with Crippen molar-refractivity contribution >= 4 is 28.8 Å². The number of hydrogen-bond donors (Lipinski definition) is 1. The molecule has 0 radical (unpaired) electrons. The summed E-state index contributed by atoms with van der Waals surface area (Å²) in [5, 5.41) is 4.96. The normalized spacial score (nSPS) is 10.5. The summed E-state index contributed by atoms with van der Waals surface area (Å²) in [6.07, 6.45) is 1.78. The third kappa shape index (κ3) is 3.05. The highest BCUT2D eigenvalue weighted by atomic mass is 35.5. The molecule has 0 fully saturated rings. The molecular weight excluding hydrogens is 282 g/mol. The van der Waals surface area contributed by atoms with Gasteiger partial charge in [0.2, 0.25) is 0 Å². The molecule has 2 aromatic rings. The van der Waals surface area contributed by atoms with Crippen LogP contribution >= 0.6 is 23.8 Å². The molecule has 0 aliphatic rings. The number of thiocarbonyl (C=S) groups is 1. The van der Waals surface area contributed by atoms with Gasteiger partial charge < -0.3 is 10.5 Å². The Balaban J connectivity index is 2.36. The van der Waals surface area contributed by atoms with E-state index in [-0.39, 0.29) is 0 Å². The molecule has 100 valence electrons. The lowest BCUT2D eigenvalue weighted by Gasteiger charge is -2.10. The van der Waals surface area contributed by atoms with E-state index in [0.29, 0.717) is 16.6 Å². The van der Waals surface area contributed by atoms with Gasteiger partial charge in [-0.3, -0.25) is 4.68 Å². The van der Waals surface area contributed by atoms with Crippen molar-refractivity contribution in [1.29, 1.82) is 0 Å². The van der Waals surface area contributed by atoms with Crippen molar-refractivity contribution in [3.63, 3.8) is 0 Å². The lowest BCUT2D eigenvalue weighted by atomic mass is 10.1. The van der Waals surface area contributed by atoms with Gasteiger partial charge in [-0.2, -0.15) is 5.10 Å². The minimum atomic E-state index is 0.360. The second-order valence-corrected chi connectivity index (χ2v) is 5.00. The molecule has 0 aliphatic carbocycles. The van der Waals surface area contributed by atoms with Gasteiger partial charge in [-0.25, -0.2) is 0 Å². The molecule has 0 aliphatic heterocycles. The molecule has 1 aromatic heterocycles. The quantitative estimate of drug-likeness (QED) is 0.881. The zero-order chi connectivity index (χ0) is 14.0. The summed E-state index contributed by atoms with van der Waals surface area (Å²) >= 11 is 11.0. The Morgan fingerprint density at radius 2 is 2.26 bits per heavy atom. The minimum absolute atomic E-state index is 0.360. The SMILES string of the molecule is COc1ccc(C(N)=S)cc1Cn1cc(Cl)c(C)n1. The largest absolute Gasteiger partial charge is 0.496 e. The zero-order valence-corrected chi connectivity index (χ0v) is 12.3. The maximum Gasteiger partial charge on any atom is 0.123 e. The fraction of sp³-hybridized carbons (Fsp3) is 0.231. The lowest BCUT2D eigenvalue weighted by Crippen LogP contribution is -2.11. The molecule has 0 unspecified atom stereocenters. The van der Waals surface area contributed by atoms with E-state index in [1.807, 2.05) is 25.1 Å². The maximum atomic E-state index is 6.00. The summed E-state index contributed by atoms with van der Waals surface area (Å²) in [6, 6.07) is 5.60. The van der Waals surface area contributed by atoms with Gasteiger partial charge in [0.25, 0.3) is 0 Å². The van der Waals surface area contributed by atoms with E-state index in [1.54, 1.807) is 18.0 Å². The van der Waals surface area contributed by atoms with Gasteiger partial charge in [0.15, 0.2) is 0 Å². The molecule has 0 amide bonds. The molecular formula is C13H14ClN3OS. The average Bonchev–Trinajstić information content (AvgIpc) is 2.68. The van der Waals surface area contributed by atoms with Gasteiger partial charge in [0.1, 0.15) is 10.7 Å². The number of benzene rings is 1. The first kappa shape index (κ1) is 13.8. The van der Waals surface area contributed by atoms with Crippen molar-refractivity contribution in [3.05, 3.63) is 46.2 Å². The highest BCUT2D eigenvalue weighted by molar-refractivity contribution is 7.80. The van der Waals surface area contributed by atoms with E-state index in [0.717, 1.165) is 22.6 Å². The Kier molecular flexibility index (Phi) is 4.07. The fourth-order valence-corrected chi connectivity index (χ4v) is 2.08. The smallest absolute Gasteiger partial charge is 0.123 e. The van der Waals surface area contributed by atoms with Crippen LogP contribution in [0.3, 0.4) is 0 Å². The van der Waals surface area contributed by atoms with E-state index in [4.69, 9.17) is 34.3 Å². The molecule has 6 heteroatoms. The third-order valence-corrected chi connectivity index (χ3v) is 3.39. The van der Waals surface area contributed by atoms with E-state index < -0.39 is 0 Å². The lowest BCUT2D eigenvalue weighted by molar-refractivity contribution is 0.407. The fourth-order valence-electron chi connectivity index (χ4n) is 1.80. The summed E-state index contributed by atoms with van der Waals surface area (Å²) in [7, 11) is 1.63. The zero-order valence-electron chi connectivity index (χ0n) is 10.7. The van der Waals surface area contributed by atoms with E-state index in [1.165, 1.54) is 0 Å². The van der Waals surface area contributed by atoms with E-state index in [9.17, 15) is 0 Å².